The molecule has 1 atom stereocenters. The zero-order valence-corrected chi connectivity index (χ0v) is 17.6. The lowest BCUT2D eigenvalue weighted by molar-refractivity contribution is 0.617. The zero-order valence-electron chi connectivity index (χ0n) is 17.6. The van der Waals surface area contributed by atoms with Crippen LogP contribution in [-0.2, 0) is 0 Å². The molecule has 1 aliphatic rings. The van der Waals surface area contributed by atoms with Gasteiger partial charge in [0.2, 0.25) is 0 Å². The van der Waals surface area contributed by atoms with Crippen molar-refractivity contribution < 1.29 is 4.39 Å². The molecule has 0 aromatic heterocycles. The smallest absolute Gasteiger partial charge is 0.126 e. The molecule has 0 amide bonds. The highest BCUT2D eigenvalue weighted by molar-refractivity contribution is 5.52. The van der Waals surface area contributed by atoms with Gasteiger partial charge in [-0.2, -0.15) is 0 Å². The summed E-state index contributed by atoms with van der Waals surface area (Å²) in [5.74, 6) is 0.0563. The van der Waals surface area contributed by atoms with Crippen molar-refractivity contribution in [1.82, 2.24) is 5.32 Å². The van der Waals surface area contributed by atoms with Crippen molar-refractivity contribution in [3.05, 3.63) is 94.5 Å². The Balaban J connectivity index is 0.00000176. The molecule has 1 unspecified atom stereocenters. The van der Waals surface area contributed by atoms with Crippen molar-refractivity contribution in [2.45, 2.75) is 53.4 Å². The summed E-state index contributed by atoms with van der Waals surface area (Å²) in [6, 6.07) is 5.43. The van der Waals surface area contributed by atoms with Gasteiger partial charge in [0, 0.05) is 13.0 Å². The predicted octanol–water partition coefficient (Wildman–Crippen LogP) is 7.15. The second-order valence-electron chi connectivity index (χ2n) is 6.41. The van der Waals surface area contributed by atoms with Crippen molar-refractivity contribution in [2.75, 3.05) is 7.05 Å². The zero-order chi connectivity index (χ0) is 20.2. The van der Waals surface area contributed by atoms with E-state index in [0.29, 0.717) is 5.56 Å². The molecule has 146 valence electrons. The molecule has 2 heteroatoms. The molecule has 0 radical (unpaired) electrons. The number of benzene rings is 1. The normalized spacial score (nSPS) is 16.8. The molecule has 0 aliphatic heterocycles. The van der Waals surface area contributed by atoms with Gasteiger partial charge in [-0.05, 0) is 72.9 Å². The van der Waals surface area contributed by atoms with Crippen LogP contribution >= 0.6 is 0 Å². The first-order valence-electron chi connectivity index (χ1n) is 9.89. The molecule has 1 aromatic rings. The molecule has 0 heterocycles. The number of hydrogen-bond acceptors (Lipinski definition) is 1. The molecule has 1 nitrogen and oxygen atoms in total. The van der Waals surface area contributed by atoms with E-state index in [0.717, 1.165) is 18.4 Å². The van der Waals surface area contributed by atoms with Gasteiger partial charge in [0.05, 0.1) is 0 Å². The van der Waals surface area contributed by atoms with Crippen LogP contribution < -0.4 is 5.32 Å². The summed E-state index contributed by atoms with van der Waals surface area (Å²) in [5, 5.41) is 3.11. The molecule has 2 rings (SSSR count). The molecular weight excluding hydrogens is 333 g/mol. The number of rotatable bonds is 6. The van der Waals surface area contributed by atoms with Crippen LogP contribution in [0.15, 0.2) is 77.6 Å². The standard InChI is InChI=1S/C23H28FN.C2H6/c1-5-6-7-11-22(21-10-8-9-19(15-21)16-25-4)18(3)20-12-13-23(24)17(2)14-20;1-2/h5-6,8,10-16,18,25H,7,9H2,1-4H3;1-2H3/b6-5+,19-16+,22-11+;. The third kappa shape index (κ3) is 6.71. The van der Waals surface area contributed by atoms with Gasteiger partial charge in [-0.25, -0.2) is 4.39 Å². The lowest BCUT2D eigenvalue weighted by atomic mass is 9.84. The molecule has 0 bridgehead atoms. The molecule has 0 spiro atoms. The van der Waals surface area contributed by atoms with Crippen LogP contribution in [0.3, 0.4) is 0 Å². The predicted molar refractivity (Wildman–Crippen MR) is 117 cm³/mol. The monoisotopic (exact) mass is 367 g/mol. The third-order valence-electron chi connectivity index (χ3n) is 4.51. The fourth-order valence-corrected chi connectivity index (χ4v) is 3.09. The van der Waals surface area contributed by atoms with Crippen LogP contribution in [0.2, 0.25) is 0 Å². The summed E-state index contributed by atoms with van der Waals surface area (Å²) in [6.45, 7) is 10.1. The minimum atomic E-state index is -0.147. The van der Waals surface area contributed by atoms with Crippen LogP contribution in [0.5, 0.6) is 0 Å². The SMILES string of the molecule is C/C=C/C/C=C(C1=C/C(=C/NC)CC=C1)\C(C)c1ccc(F)c(C)c1.CC. The topological polar surface area (TPSA) is 12.0 Å². The number of hydrogen-bond donors (Lipinski definition) is 1. The summed E-state index contributed by atoms with van der Waals surface area (Å²) in [6.07, 6.45) is 17.0. The van der Waals surface area contributed by atoms with Crippen LogP contribution in [-0.4, -0.2) is 7.05 Å². The molecule has 1 aliphatic carbocycles. The Kier molecular flexibility index (Phi) is 10.2. The van der Waals surface area contributed by atoms with E-state index in [2.05, 4.69) is 48.7 Å². The first-order valence-corrected chi connectivity index (χ1v) is 9.89. The van der Waals surface area contributed by atoms with Gasteiger partial charge >= 0.3 is 0 Å². The van der Waals surface area contributed by atoms with Crippen LogP contribution in [0.1, 0.15) is 57.6 Å². The number of nitrogens with one attached hydrogen (secondary N) is 1. The van der Waals surface area contributed by atoms with E-state index in [1.165, 1.54) is 16.7 Å². The lowest BCUT2D eigenvalue weighted by Gasteiger charge is -2.21. The van der Waals surface area contributed by atoms with Gasteiger partial charge < -0.3 is 5.32 Å². The van der Waals surface area contributed by atoms with Crippen molar-refractivity contribution in [2.24, 2.45) is 0 Å². The van der Waals surface area contributed by atoms with Crippen LogP contribution in [0.4, 0.5) is 4.39 Å². The van der Waals surface area contributed by atoms with Crippen molar-refractivity contribution in [3.63, 3.8) is 0 Å². The quantitative estimate of drug-likeness (QED) is 0.527. The Morgan fingerprint density at radius 2 is 2.04 bits per heavy atom. The maximum absolute atomic E-state index is 13.6. The number of allylic oxidation sites excluding steroid dienone is 9. The Morgan fingerprint density at radius 1 is 1.30 bits per heavy atom. The minimum Gasteiger partial charge on any atom is -0.394 e. The highest BCUT2D eigenvalue weighted by atomic mass is 19.1. The summed E-state index contributed by atoms with van der Waals surface area (Å²) < 4.78 is 13.6. The van der Waals surface area contributed by atoms with E-state index in [-0.39, 0.29) is 11.7 Å². The fourth-order valence-electron chi connectivity index (χ4n) is 3.09. The molecule has 0 saturated carbocycles. The first kappa shape index (κ1) is 22.7. The minimum absolute atomic E-state index is 0.147. The van der Waals surface area contributed by atoms with Gasteiger partial charge in [0.1, 0.15) is 5.82 Å². The van der Waals surface area contributed by atoms with Gasteiger partial charge in [-0.3, -0.25) is 0 Å². The number of halogens is 1. The van der Waals surface area contributed by atoms with Gasteiger partial charge in [0.15, 0.2) is 0 Å². The Hall–Kier alpha value is -2.35. The van der Waals surface area contributed by atoms with E-state index < -0.39 is 0 Å². The molecule has 27 heavy (non-hydrogen) atoms. The first-order chi connectivity index (χ1) is 13.1. The van der Waals surface area contributed by atoms with E-state index >= 15 is 0 Å². The van der Waals surface area contributed by atoms with Crippen LogP contribution in [0, 0.1) is 12.7 Å². The number of aryl methyl sites for hydroxylation is 1. The second kappa shape index (κ2) is 12.1. The van der Waals surface area contributed by atoms with Crippen molar-refractivity contribution >= 4 is 0 Å². The summed E-state index contributed by atoms with van der Waals surface area (Å²) in [7, 11) is 1.92. The Labute approximate surface area is 165 Å². The van der Waals surface area contributed by atoms with E-state index in [4.69, 9.17) is 0 Å². The highest BCUT2D eigenvalue weighted by Gasteiger charge is 2.16. The summed E-state index contributed by atoms with van der Waals surface area (Å²) >= 11 is 0. The molecular formula is C25H34FN. The maximum atomic E-state index is 13.6. The lowest BCUT2D eigenvalue weighted by Crippen LogP contribution is -2.04. The van der Waals surface area contributed by atoms with E-state index in [1.807, 2.05) is 53.1 Å². The Morgan fingerprint density at radius 3 is 2.67 bits per heavy atom. The summed E-state index contributed by atoms with van der Waals surface area (Å²) in [5.41, 5.74) is 5.61. The largest absolute Gasteiger partial charge is 0.394 e. The Bertz CT molecular complexity index is 748. The van der Waals surface area contributed by atoms with Gasteiger partial charge in [0.25, 0.3) is 0 Å². The van der Waals surface area contributed by atoms with Gasteiger partial charge in [-0.1, -0.05) is 63.3 Å². The average molecular weight is 368 g/mol. The summed E-state index contributed by atoms with van der Waals surface area (Å²) in [4.78, 5) is 0. The molecule has 1 aromatic carbocycles. The van der Waals surface area contributed by atoms with Crippen LogP contribution in [0.25, 0.3) is 0 Å². The highest BCUT2D eigenvalue weighted by Crippen LogP contribution is 2.33. The molecule has 1 N–H and O–H groups in total. The fraction of sp³-hybridized carbons (Fsp3) is 0.360. The second-order valence-corrected chi connectivity index (χ2v) is 6.41. The average Bonchev–Trinajstić information content (AvgIpc) is 2.69. The molecule has 0 saturated heterocycles. The van der Waals surface area contributed by atoms with Gasteiger partial charge in [-0.15, -0.1) is 0 Å². The molecule has 0 fully saturated rings. The van der Waals surface area contributed by atoms with Crippen molar-refractivity contribution in [1.29, 1.82) is 0 Å². The third-order valence-corrected chi connectivity index (χ3v) is 4.51. The maximum Gasteiger partial charge on any atom is 0.126 e. The van der Waals surface area contributed by atoms with Crippen molar-refractivity contribution in [3.8, 4) is 0 Å². The van der Waals surface area contributed by atoms with E-state index in [9.17, 15) is 4.39 Å². The van der Waals surface area contributed by atoms with E-state index in [1.54, 1.807) is 6.07 Å².